The van der Waals surface area contributed by atoms with Gasteiger partial charge in [-0.3, -0.25) is 9.10 Å². The summed E-state index contributed by atoms with van der Waals surface area (Å²) < 4.78 is 27.1. The predicted molar refractivity (Wildman–Crippen MR) is 148 cm³/mol. The molecule has 4 aromatic rings. The molecule has 1 N–H and O–H groups in total. The van der Waals surface area contributed by atoms with Gasteiger partial charge in [0.15, 0.2) is 0 Å². The smallest absolute Gasteiger partial charge is 0.264 e. The fraction of sp³-hybridized carbons (Fsp3) is 0.138. The molecule has 184 valence electrons. The van der Waals surface area contributed by atoms with Crippen molar-refractivity contribution in [3.05, 3.63) is 119 Å². The SMILES string of the molecule is Cc1ccc(S(=O)(=O)N(C)c2ccc(C(=O)Nc3ccc(CSc4ccccc4)cc3C)cc2)cc1. The Morgan fingerprint density at radius 2 is 1.53 bits per heavy atom. The molecule has 0 aromatic heterocycles. The van der Waals surface area contributed by atoms with Crippen LogP contribution in [0.4, 0.5) is 11.4 Å². The Morgan fingerprint density at radius 1 is 0.861 bits per heavy atom. The fourth-order valence-electron chi connectivity index (χ4n) is 3.66. The van der Waals surface area contributed by atoms with Gasteiger partial charge in [-0.25, -0.2) is 8.42 Å². The molecule has 4 rings (SSSR count). The Bertz CT molecular complexity index is 1450. The number of thioether (sulfide) groups is 1. The molecule has 1 amide bonds. The molecular formula is C29H28N2O3S2. The number of nitrogens with zero attached hydrogens (tertiary/aromatic N) is 1. The molecule has 0 saturated carbocycles. The summed E-state index contributed by atoms with van der Waals surface area (Å²) in [4.78, 5) is 14.3. The molecule has 0 aliphatic rings. The molecule has 0 atom stereocenters. The highest BCUT2D eigenvalue weighted by Gasteiger charge is 2.21. The highest BCUT2D eigenvalue weighted by Crippen LogP contribution is 2.26. The molecule has 0 aliphatic heterocycles. The Hall–Kier alpha value is -3.55. The largest absolute Gasteiger partial charge is 0.322 e. The van der Waals surface area contributed by atoms with Gasteiger partial charge in [0, 0.05) is 28.9 Å². The topological polar surface area (TPSA) is 66.5 Å². The number of benzene rings is 4. The third-order valence-electron chi connectivity index (χ3n) is 5.86. The molecule has 0 saturated heterocycles. The summed E-state index contributed by atoms with van der Waals surface area (Å²) in [6.07, 6.45) is 0. The number of carbonyl (C=O) groups excluding carboxylic acids is 1. The zero-order valence-corrected chi connectivity index (χ0v) is 22.1. The predicted octanol–water partition coefficient (Wildman–Crippen LogP) is 6.67. The lowest BCUT2D eigenvalue weighted by Crippen LogP contribution is -2.26. The van der Waals surface area contributed by atoms with E-state index in [4.69, 9.17) is 0 Å². The van der Waals surface area contributed by atoms with E-state index in [1.807, 2.05) is 44.2 Å². The lowest BCUT2D eigenvalue weighted by atomic mass is 10.1. The van der Waals surface area contributed by atoms with Crippen molar-refractivity contribution in [3.63, 3.8) is 0 Å². The number of rotatable bonds is 8. The second-order valence-corrected chi connectivity index (χ2v) is 11.6. The third-order valence-corrected chi connectivity index (χ3v) is 8.74. The van der Waals surface area contributed by atoms with Crippen LogP contribution in [0.3, 0.4) is 0 Å². The number of aryl methyl sites for hydroxylation is 2. The summed E-state index contributed by atoms with van der Waals surface area (Å²) in [5.74, 6) is 0.597. The van der Waals surface area contributed by atoms with Crippen molar-refractivity contribution in [3.8, 4) is 0 Å². The number of anilines is 2. The number of hydrogen-bond acceptors (Lipinski definition) is 4. The Labute approximate surface area is 217 Å². The van der Waals surface area contributed by atoms with Crippen molar-refractivity contribution in [2.45, 2.75) is 29.4 Å². The molecule has 0 fully saturated rings. The molecule has 0 unspecified atom stereocenters. The highest BCUT2D eigenvalue weighted by atomic mass is 32.2. The molecule has 0 radical (unpaired) electrons. The molecule has 0 spiro atoms. The maximum absolute atomic E-state index is 12.9. The van der Waals surface area contributed by atoms with Crippen LogP contribution < -0.4 is 9.62 Å². The van der Waals surface area contributed by atoms with Crippen molar-refractivity contribution in [2.24, 2.45) is 0 Å². The summed E-state index contributed by atoms with van der Waals surface area (Å²) in [6.45, 7) is 3.88. The molecule has 0 bridgehead atoms. The number of nitrogens with one attached hydrogen (secondary N) is 1. The Morgan fingerprint density at radius 3 is 2.17 bits per heavy atom. The standard InChI is InChI=1S/C29H28N2O3S2/c1-21-9-16-27(17-10-21)36(33,34)31(3)25-14-12-24(13-15-25)29(32)30-28-18-11-23(19-22(28)2)20-35-26-7-5-4-6-8-26/h4-19H,20H2,1-3H3,(H,30,32). The van der Waals surface area contributed by atoms with Crippen LogP contribution in [0.5, 0.6) is 0 Å². The van der Waals surface area contributed by atoms with Gasteiger partial charge in [0.1, 0.15) is 0 Å². The lowest BCUT2D eigenvalue weighted by molar-refractivity contribution is 0.102. The molecule has 4 aromatic carbocycles. The van der Waals surface area contributed by atoms with E-state index in [2.05, 4.69) is 23.5 Å². The first-order valence-corrected chi connectivity index (χ1v) is 13.9. The monoisotopic (exact) mass is 516 g/mol. The molecule has 7 heteroatoms. The first-order chi connectivity index (χ1) is 17.2. The maximum atomic E-state index is 12.9. The van der Waals surface area contributed by atoms with E-state index in [0.717, 1.165) is 22.6 Å². The third kappa shape index (κ3) is 5.98. The van der Waals surface area contributed by atoms with Crippen molar-refractivity contribution in [1.29, 1.82) is 0 Å². The van der Waals surface area contributed by atoms with Crippen molar-refractivity contribution >= 4 is 39.1 Å². The van der Waals surface area contributed by atoms with Gasteiger partial charge in [-0.15, -0.1) is 11.8 Å². The minimum absolute atomic E-state index is 0.221. The van der Waals surface area contributed by atoms with Crippen molar-refractivity contribution in [1.82, 2.24) is 0 Å². The Balaban J connectivity index is 1.41. The van der Waals surface area contributed by atoms with Gasteiger partial charge in [0.2, 0.25) is 0 Å². The van der Waals surface area contributed by atoms with E-state index >= 15 is 0 Å². The average Bonchev–Trinajstić information content (AvgIpc) is 2.89. The number of amides is 1. The van der Waals surface area contributed by atoms with Crippen molar-refractivity contribution < 1.29 is 13.2 Å². The summed E-state index contributed by atoms with van der Waals surface area (Å²) in [5, 5.41) is 2.96. The lowest BCUT2D eigenvalue weighted by Gasteiger charge is -2.20. The van der Waals surface area contributed by atoms with E-state index in [1.165, 1.54) is 21.8 Å². The van der Waals surface area contributed by atoms with Gasteiger partial charge < -0.3 is 5.32 Å². The number of hydrogen-bond donors (Lipinski definition) is 1. The molecular weight excluding hydrogens is 488 g/mol. The van der Waals surface area contributed by atoms with Gasteiger partial charge in [-0.05, 0) is 79.6 Å². The van der Waals surface area contributed by atoms with Gasteiger partial charge >= 0.3 is 0 Å². The minimum Gasteiger partial charge on any atom is -0.322 e. The number of sulfonamides is 1. The fourth-order valence-corrected chi connectivity index (χ4v) is 5.72. The number of carbonyl (C=O) groups is 1. The van der Waals surface area contributed by atoms with E-state index in [1.54, 1.807) is 60.3 Å². The van der Waals surface area contributed by atoms with Crippen LogP contribution in [0.2, 0.25) is 0 Å². The first-order valence-electron chi connectivity index (χ1n) is 11.5. The zero-order chi connectivity index (χ0) is 25.7. The van der Waals surface area contributed by atoms with Crippen LogP contribution in [0, 0.1) is 13.8 Å². The average molecular weight is 517 g/mol. The van der Waals surface area contributed by atoms with E-state index in [9.17, 15) is 13.2 Å². The van der Waals surface area contributed by atoms with Gasteiger partial charge in [-0.2, -0.15) is 0 Å². The molecule has 5 nitrogen and oxygen atoms in total. The van der Waals surface area contributed by atoms with E-state index in [-0.39, 0.29) is 10.8 Å². The normalized spacial score (nSPS) is 11.2. The van der Waals surface area contributed by atoms with Gasteiger partial charge in [0.05, 0.1) is 10.6 Å². The Kier molecular flexibility index (Phi) is 7.82. The zero-order valence-electron chi connectivity index (χ0n) is 20.4. The van der Waals surface area contributed by atoms with Gasteiger partial charge in [0.25, 0.3) is 15.9 Å². The molecule has 36 heavy (non-hydrogen) atoms. The summed E-state index contributed by atoms with van der Waals surface area (Å²) in [7, 11) is -2.19. The summed E-state index contributed by atoms with van der Waals surface area (Å²) in [5.41, 5.74) is 4.82. The summed E-state index contributed by atoms with van der Waals surface area (Å²) in [6, 6.07) is 29.5. The van der Waals surface area contributed by atoms with Crippen LogP contribution in [-0.4, -0.2) is 21.4 Å². The highest BCUT2D eigenvalue weighted by molar-refractivity contribution is 7.98. The van der Waals surface area contributed by atoms with Gasteiger partial charge in [-0.1, -0.05) is 48.0 Å². The quantitative estimate of drug-likeness (QED) is 0.266. The second kappa shape index (κ2) is 11.0. The van der Waals surface area contributed by atoms with E-state index in [0.29, 0.717) is 11.3 Å². The summed E-state index contributed by atoms with van der Waals surface area (Å²) >= 11 is 1.77. The van der Waals surface area contributed by atoms with Crippen molar-refractivity contribution in [2.75, 3.05) is 16.7 Å². The maximum Gasteiger partial charge on any atom is 0.264 e. The van der Waals surface area contributed by atoms with Crippen LogP contribution >= 0.6 is 11.8 Å². The second-order valence-electron chi connectivity index (χ2n) is 8.54. The molecule has 0 heterocycles. The minimum atomic E-state index is -3.69. The van der Waals surface area contributed by atoms with E-state index < -0.39 is 10.0 Å². The first kappa shape index (κ1) is 25.5. The van der Waals surface area contributed by atoms with Crippen LogP contribution in [0.15, 0.2) is 107 Å². The molecule has 0 aliphatic carbocycles. The van der Waals surface area contributed by atoms with Crippen LogP contribution in [0.25, 0.3) is 0 Å². The van der Waals surface area contributed by atoms with Crippen LogP contribution in [-0.2, 0) is 15.8 Å². The van der Waals surface area contributed by atoms with Crippen LogP contribution in [0.1, 0.15) is 27.0 Å².